The van der Waals surface area contributed by atoms with Crippen molar-refractivity contribution in [1.29, 1.82) is 0 Å². The molecule has 2 N–H and O–H groups in total. The van der Waals surface area contributed by atoms with Crippen LogP contribution in [0.5, 0.6) is 0 Å². The van der Waals surface area contributed by atoms with Gasteiger partial charge >= 0.3 is 0 Å². The summed E-state index contributed by atoms with van der Waals surface area (Å²) >= 11 is 0. The molecule has 1 amide bonds. The first-order valence-electron chi connectivity index (χ1n) is 7.15. The number of carbonyl (C=O) groups is 2. The molecule has 1 aromatic rings. The Bertz CT molecular complexity index is 481. The number of rotatable bonds is 4. The lowest BCUT2D eigenvalue weighted by Crippen LogP contribution is -2.36. The predicted molar refractivity (Wildman–Crippen MR) is 76.7 cm³/mol. The summed E-state index contributed by atoms with van der Waals surface area (Å²) < 4.78 is 0. The van der Waals surface area contributed by atoms with E-state index in [-0.39, 0.29) is 23.7 Å². The third kappa shape index (κ3) is 3.67. The highest BCUT2D eigenvalue weighted by atomic mass is 16.3. The van der Waals surface area contributed by atoms with E-state index in [4.69, 9.17) is 0 Å². The zero-order valence-corrected chi connectivity index (χ0v) is 11.8. The number of hydrogen-bond acceptors (Lipinski definition) is 3. The van der Waals surface area contributed by atoms with E-state index < -0.39 is 0 Å². The minimum Gasteiger partial charge on any atom is -0.393 e. The minimum atomic E-state index is -0.302. The molecule has 0 spiro atoms. The van der Waals surface area contributed by atoms with Crippen LogP contribution >= 0.6 is 0 Å². The molecule has 0 aliphatic heterocycles. The molecule has 2 unspecified atom stereocenters. The molecule has 20 heavy (non-hydrogen) atoms. The molecule has 0 radical (unpaired) electrons. The molecule has 0 bridgehead atoms. The lowest BCUT2D eigenvalue weighted by molar-refractivity contribution is 0.0662. The van der Waals surface area contributed by atoms with Crippen LogP contribution in [0.15, 0.2) is 24.3 Å². The van der Waals surface area contributed by atoms with Crippen LogP contribution in [0.3, 0.4) is 0 Å². The fraction of sp³-hybridized carbons (Fsp3) is 0.500. The number of aliphatic hydroxyl groups is 1. The lowest BCUT2D eigenvalue weighted by atomic mass is 9.86. The van der Waals surface area contributed by atoms with Gasteiger partial charge in [0.15, 0.2) is 5.78 Å². The van der Waals surface area contributed by atoms with E-state index in [0.29, 0.717) is 17.7 Å². The summed E-state index contributed by atoms with van der Waals surface area (Å²) in [6.45, 7) is 2.01. The van der Waals surface area contributed by atoms with Crippen LogP contribution in [0, 0.1) is 5.92 Å². The second-order valence-corrected chi connectivity index (χ2v) is 5.46. The molecule has 1 aromatic carbocycles. The standard InChI is InChI=1S/C16H21NO3/c1-11(18)12-6-8-13(9-7-12)16(20)17-10-14-4-2-3-5-15(14)19/h6-9,14-15,19H,2-5,10H2,1H3,(H,17,20). The summed E-state index contributed by atoms with van der Waals surface area (Å²) in [6.07, 6.45) is 3.67. The second-order valence-electron chi connectivity index (χ2n) is 5.46. The van der Waals surface area contributed by atoms with Crippen molar-refractivity contribution in [1.82, 2.24) is 5.32 Å². The van der Waals surface area contributed by atoms with Crippen LogP contribution in [-0.4, -0.2) is 29.4 Å². The highest BCUT2D eigenvalue weighted by Gasteiger charge is 2.23. The van der Waals surface area contributed by atoms with Crippen LogP contribution in [0.25, 0.3) is 0 Å². The first-order chi connectivity index (χ1) is 9.58. The molecule has 1 aliphatic rings. The number of nitrogens with one attached hydrogen (secondary N) is 1. The van der Waals surface area contributed by atoms with Gasteiger partial charge in [0.2, 0.25) is 0 Å². The van der Waals surface area contributed by atoms with Crippen molar-refractivity contribution in [2.24, 2.45) is 5.92 Å². The fourth-order valence-electron chi connectivity index (χ4n) is 2.61. The normalized spacial score (nSPS) is 22.3. The van der Waals surface area contributed by atoms with E-state index >= 15 is 0 Å². The van der Waals surface area contributed by atoms with Crippen LogP contribution < -0.4 is 5.32 Å². The van der Waals surface area contributed by atoms with E-state index in [1.807, 2.05) is 0 Å². The molecule has 0 saturated heterocycles. The van der Waals surface area contributed by atoms with Crippen LogP contribution in [0.2, 0.25) is 0 Å². The molecule has 1 saturated carbocycles. The quantitative estimate of drug-likeness (QED) is 0.828. The lowest BCUT2D eigenvalue weighted by Gasteiger charge is -2.27. The Kier molecular flexibility index (Phi) is 4.90. The van der Waals surface area contributed by atoms with Gasteiger partial charge in [0.05, 0.1) is 6.10 Å². The molecular weight excluding hydrogens is 254 g/mol. The summed E-state index contributed by atoms with van der Waals surface area (Å²) in [7, 11) is 0. The third-order valence-electron chi connectivity index (χ3n) is 3.95. The highest BCUT2D eigenvalue weighted by molar-refractivity contribution is 5.97. The maximum absolute atomic E-state index is 12.0. The second kappa shape index (κ2) is 6.66. The number of carbonyl (C=O) groups excluding carboxylic acids is 2. The first-order valence-corrected chi connectivity index (χ1v) is 7.15. The molecule has 4 heteroatoms. The van der Waals surface area contributed by atoms with E-state index in [9.17, 15) is 14.7 Å². The van der Waals surface area contributed by atoms with E-state index in [0.717, 1.165) is 25.7 Å². The summed E-state index contributed by atoms with van der Waals surface area (Å²) in [5.74, 6) is -0.00986. The Labute approximate surface area is 119 Å². The van der Waals surface area contributed by atoms with Gasteiger partial charge in [-0.1, -0.05) is 25.0 Å². The van der Waals surface area contributed by atoms with Crippen molar-refractivity contribution in [3.63, 3.8) is 0 Å². The minimum absolute atomic E-state index is 0.0118. The first kappa shape index (κ1) is 14.7. The van der Waals surface area contributed by atoms with Gasteiger partial charge < -0.3 is 10.4 Å². The topological polar surface area (TPSA) is 66.4 Å². The van der Waals surface area contributed by atoms with Gasteiger partial charge in [-0.15, -0.1) is 0 Å². The van der Waals surface area contributed by atoms with Gasteiger partial charge in [-0.2, -0.15) is 0 Å². The summed E-state index contributed by atoms with van der Waals surface area (Å²) in [4.78, 5) is 23.2. The maximum atomic E-state index is 12.0. The van der Waals surface area contributed by atoms with Crippen molar-refractivity contribution in [3.05, 3.63) is 35.4 Å². The van der Waals surface area contributed by atoms with Crippen LogP contribution in [0.1, 0.15) is 53.3 Å². The molecule has 4 nitrogen and oxygen atoms in total. The molecule has 2 atom stereocenters. The van der Waals surface area contributed by atoms with E-state index in [1.54, 1.807) is 24.3 Å². The van der Waals surface area contributed by atoms with Gasteiger partial charge in [0.1, 0.15) is 0 Å². The van der Waals surface area contributed by atoms with Crippen molar-refractivity contribution < 1.29 is 14.7 Å². The summed E-state index contributed by atoms with van der Waals surface area (Å²) in [6, 6.07) is 6.63. The van der Waals surface area contributed by atoms with Gasteiger partial charge in [0.25, 0.3) is 5.91 Å². The van der Waals surface area contributed by atoms with Gasteiger partial charge in [-0.05, 0) is 31.9 Å². The zero-order valence-electron chi connectivity index (χ0n) is 11.8. The van der Waals surface area contributed by atoms with E-state index in [1.165, 1.54) is 6.92 Å². The average molecular weight is 275 g/mol. The molecule has 0 aromatic heterocycles. The number of aliphatic hydroxyl groups excluding tert-OH is 1. The fourth-order valence-corrected chi connectivity index (χ4v) is 2.61. The largest absolute Gasteiger partial charge is 0.393 e. The smallest absolute Gasteiger partial charge is 0.251 e. The van der Waals surface area contributed by atoms with Crippen molar-refractivity contribution in [2.75, 3.05) is 6.54 Å². The van der Waals surface area contributed by atoms with Crippen LogP contribution in [-0.2, 0) is 0 Å². The summed E-state index contributed by atoms with van der Waals surface area (Å²) in [5, 5.41) is 12.7. The van der Waals surface area contributed by atoms with Gasteiger partial charge in [-0.3, -0.25) is 9.59 Å². The number of Topliss-reactive ketones (excluding diaryl/α,β-unsaturated/α-hetero) is 1. The monoisotopic (exact) mass is 275 g/mol. The van der Waals surface area contributed by atoms with Gasteiger partial charge in [-0.25, -0.2) is 0 Å². The number of benzene rings is 1. The molecule has 108 valence electrons. The van der Waals surface area contributed by atoms with Crippen molar-refractivity contribution in [3.8, 4) is 0 Å². The number of amides is 1. The molecule has 1 aliphatic carbocycles. The third-order valence-corrected chi connectivity index (χ3v) is 3.95. The number of hydrogen-bond donors (Lipinski definition) is 2. The van der Waals surface area contributed by atoms with Crippen molar-refractivity contribution in [2.45, 2.75) is 38.7 Å². The van der Waals surface area contributed by atoms with E-state index in [2.05, 4.69) is 5.32 Å². The Hall–Kier alpha value is -1.68. The Morgan fingerprint density at radius 2 is 1.75 bits per heavy atom. The average Bonchev–Trinajstić information content (AvgIpc) is 2.46. The molecule has 1 fully saturated rings. The SMILES string of the molecule is CC(=O)c1ccc(C(=O)NCC2CCCCC2O)cc1. The molecule has 0 heterocycles. The highest BCUT2D eigenvalue weighted by Crippen LogP contribution is 2.23. The zero-order chi connectivity index (χ0) is 14.5. The molecular formula is C16H21NO3. The number of ketones is 1. The summed E-state index contributed by atoms with van der Waals surface area (Å²) in [5.41, 5.74) is 1.14. The van der Waals surface area contributed by atoms with Crippen molar-refractivity contribution >= 4 is 11.7 Å². The Balaban J connectivity index is 1.89. The predicted octanol–water partition coefficient (Wildman–Crippen LogP) is 2.17. The maximum Gasteiger partial charge on any atom is 0.251 e. The Morgan fingerprint density at radius 1 is 1.15 bits per heavy atom. The van der Waals surface area contributed by atoms with Crippen LogP contribution in [0.4, 0.5) is 0 Å². The molecule has 2 rings (SSSR count). The Morgan fingerprint density at radius 3 is 2.35 bits per heavy atom. The van der Waals surface area contributed by atoms with Gasteiger partial charge in [0, 0.05) is 23.6 Å².